The minimum Gasteiger partial charge on any atom is -0.335 e. The fourth-order valence-electron chi connectivity index (χ4n) is 3.09. The van der Waals surface area contributed by atoms with E-state index in [0.29, 0.717) is 27.8 Å². The number of aryl methyl sites for hydroxylation is 1. The van der Waals surface area contributed by atoms with Gasteiger partial charge < -0.3 is 10.2 Å². The van der Waals surface area contributed by atoms with Crippen molar-refractivity contribution >= 4 is 51.7 Å². The number of carbonyl (C=O) groups is 2. The summed E-state index contributed by atoms with van der Waals surface area (Å²) in [5.41, 5.74) is 1.47. The van der Waals surface area contributed by atoms with Gasteiger partial charge >= 0.3 is 5.69 Å². The number of nitrogens with one attached hydrogen (secondary N) is 1. The van der Waals surface area contributed by atoms with Crippen molar-refractivity contribution in [3.8, 4) is 0 Å². The van der Waals surface area contributed by atoms with Gasteiger partial charge in [0.25, 0.3) is 0 Å². The summed E-state index contributed by atoms with van der Waals surface area (Å²) in [4.78, 5) is 38.9. The van der Waals surface area contributed by atoms with E-state index in [1.807, 2.05) is 25.1 Å². The molecule has 0 fully saturated rings. The highest BCUT2D eigenvalue weighted by Gasteiger charge is 2.19. The average molecular weight is 435 g/mol. The molecule has 0 spiro atoms. The van der Waals surface area contributed by atoms with Gasteiger partial charge in [-0.2, -0.15) is 0 Å². The number of amides is 2. The molecule has 3 rings (SSSR count). The number of aromatic nitrogens is 2. The molecule has 0 aliphatic carbocycles. The van der Waals surface area contributed by atoms with Crippen LogP contribution in [0.5, 0.6) is 0 Å². The monoisotopic (exact) mass is 434 g/mol. The Kier molecular flexibility index (Phi) is 6.30. The zero-order chi connectivity index (χ0) is 21.1. The highest BCUT2D eigenvalue weighted by molar-refractivity contribution is 6.39. The molecule has 152 valence electrons. The summed E-state index contributed by atoms with van der Waals surface area (Å²) in [6.07, 6.45) is 0. The van der Waals surface area contributed by atoms with Crippen LogP contribution in [0.4, 0.5) is 5.69 Å². The number of fused-ring (bicyclic) bond motifs is 1. The van der Waals surface area contributed by atoms with Crippen LogP contribution in [-0.2, 0) is 22.7 Å². The molecule has 29 heavy (non-hydrogen) atoms. The predicted octanol–water partition coefficient (Wildman–Crippen LogP) is 3.23. The Bertz CT molecular complexity index is 1120. The van der Waals surface area contributed by atoms with Crippen LogP contribution in [0.25, 0.3) is 11.0 Å². The molecule has 2 amide bonds. The third kappa shape index (κ3) is 4.31. The molecule has 0 bridgehead atoms. The maximum atomic E-state index is 12.7. The first kappa shape index (κ1) is 21.0. The number of anilines is 1. The Hall–Kier alpha value is -2.77. The van der Waals surface area contributed by atoms with Crippen molar-refractivity contribution in [2.75, 3.05) is 18.9 Å². The normalized spacial score (nSPS) is 10.9. The van der Waals surface area contributed by atoms with Crippen LogP contribution in [0, 0.1) is 0 Å². The van der Waals surface area contributed by atoms with Crippen molar-refractivity contribution in [1.29, 1.82) is 0 Å². The Balaban J connectivity index is 1.73. The van der Waals surface area contributed by atoms with Crippen LogP contribution in [0.15, 0.2) is 47.3 Å². The van der Waals surface area contributed by atoms with Crippen molar-refractivity contribution in [1.82, 2.24) is 14.0 Å². The summed E-state index contributed by atoms with van der Waals surface area (Å²) in [6, 6.07) is 12.2. The van der Waals surface area contributed by atoms with E-state index in [9.17, 15) is 14.4 Å². The summed E-state index contributed by atoms with van der Waals surface area (Å²) in [5, 5.41) is 3.22. The number of rotatable bonds is 6. The molecule has 0 saturated carbocycles. The molecule has 1 aromatic heterocycles. The maximum Gasteiger partial charge on any atom is 0.329 e. The van der Waals surface area contributed by atoms with Crippen LogP contribution in [-0.4, -0.2) is 39.4 Å². The largest absolute Gasteiger partial charge is 0.335 e. The van der Waals surface area contributed by atoms with Crippen molar-refractivity contribution in [2.24, 2.45) is 0 Å². The van der Waals surface area contributed by atoms with Gasteiger partial charge in [0.05, 0.1) is 33.3 Å². The first-order chi connectivity index (χ1) is 13.8. The van der Waals surface area contributed by atoms with E-state index in [-0.39, 0.29) is 24.7 Å². The highest BCUT2D eigenvalue weighted by Crippen LogP contribution is 2.29. The third-order valence-corrected chi connectivity index (χ3v) is 5.20. The van der Waals surface area contributed by atoms with Gasteiger partial charge in [-0.3, -0.25) is 18.7 Å². The van der Waals surface area contributed by atoms with Gasteiger partial charge in [-0.15, -0.1) is 0 Å². The number of halogens is 2. The lowest BCUT2D eigenvalue weighted by Gasteiger charge is -2.18. The number of nitrogens with zero attached hydrogens (tertiary/aromatic N) is 3. The van der Waals surface area contributed by atoms with Crippen molar-refractivity contribution in [2.45, 2.75) is 20.0 Å². The summed E-state index contributed by atoms with van der Waals surface area (Å²) in [5.74, 6) is -0.814. The number of imidazole rings is 1. The van der Waals surface area contributed by atoms with E-state index in [0.717, 1.165) is 5.52 Å². The Morgan fingerprint density at radius 2 is 1.59 bits per heavy atom. The molecule has 7 nitrogen and oxygen atoms in total. The Labute approximate surface area is 177 Å². The van der Waals surface area contributed by atoms with Gasteiger partial charge in [-0.1, -0.05) is 41.4 Å². The lowest BCUT2D eigenvalue weighted by molar-refractivity contribution is -0.133. The van der Waals surface area contributed by atoms with Crippen molar-refractivity contribution in [3.63, 3.8) is 0 Å². The summed E-state index contributed by atoms with van der Waals surface area (Å²) in [6.45, 7) is 2.00. The molecule has 1 heterocycles. The second-order valence-electron chi connectivity index (χ2n) is 6.50. The smallest absolute Gasteiger partial charge is 0.329 e. The standard InChI is InChI=1S/C20H20Cl2N4O3/c1-3-25-15-9-4-5-10-16(15)26(20(25)29)12-18(28)24(2)11-17(27)23-19-13(21)7-6-8-14(19)22/h4-10H,3,11-12H2,1-2H3,(H,23,27). The molecule has 3 aromatic rings. The van der Waals surface area contributed by atoms with Crippen LogP contribution in [0.3, 0.4) is 0 Å². The topological polar surface area (TPSA) is 76.3 Å². The van der Waals surface area contributed by atoms with E-state index in [1.54, 1.807) is 28.8 Å². The number of likely N-dealkylation sites (N-methyl/N-ethyl adjacent to an activating group) is 1. The average Bonchev–Trinajstić information content (AvgIpc) is 2.96. The van der Waals surface area contributed by atoms with E-state index in [1.165, 1.54) is 16.5 Å². The molecule has 0 radical (unpaired) electrons. The first-order valence-corrected chi connectivity index (χ1v) is 9.75. The minimum absolute atomic E-state index is 0.164. The number of carbonyl (C=O) groups excluding carboxylic acids is 2. The minimum atomic E-state index is -0.445. The molecule has 0 aliphatic heterocycles. The van der Waals surface area contributed by atoms with E-state index >= 15 is 0 Å². The van der Waals surface area contributed by atoms with E-state index in [4.69, 9.17) is 23.2 Å². The molecule has 0 saturated heterocycles. The SMILES string of the molecule is CCn1c(=O)n(CC(=O)N(C)CC(=O)Nc2c(Cl)cccc2Cl)c2ccccc21. The third-order valence-electron chi connectivity index (χ3n) is 4.57. The quantitative estimate of drug-likeness (QED) is 0.646. The number of hydrogen-bond donors (Lipinski definition) is 1. The summed E-state index contributed by atoms with van der Waals surface area (Å²) >= 11 is 12.1. The molecule has 0 atom stereocenters. The molecular weight excluding hydrogens is 415 g/mol. The Morgan fingerprint density at radius 1 is 1.00 bits per heavy atom. The zero-order valence-electron chi connectivity index (χ0n) is 16.0. The summed E-state index contributed by atoms with van der Waals surface area (Å²) in [7, 11) is 1.50. The van der Waals surface area contributed by atoms with Crippen LogP contribution < -0.4 is 11.0 Å². The van der Waals surface area contributed by atoms with Crippen LogP contribution in [0.1, 0.15) is 6.92 Å². The lowest BCUT2D eigenvalue weighted by Crippen LogP contribution is -2.38. The number of benzene rings is 2. The van der Waals surface area contributed by atoms with Crippen LogP contribution in [0.2, 0.25) is 10.0 Å². The van der Waals surface area contributed by atoms with Gasteiger partial charge in [0.15, 0.2) is 0 Å². The second-order valence-corrected chi connectivity index (χ2v) is 7.31. The first-order valence-electron chi connectivity index (χ1n) is 8.99. The van der Waals surface area contributed by atoms with E-state index < -0.39 is 5.91 Å². The number of hydrogen-bond acceptors (Lipinski definition) is 3. The van der Waals surface area contributed by atoms with Crippen LogP contribution >= 0.6 is 23.2 Å². The molecule has 0 unspecified atom stereocenters. The second kappa shape index (κ2) is 8.71. The van der Waals surface area contributed by atoms with Gasteiger partial charge in [-0.05, 0) is 31.2 Å². The fraction of sp³-hybridized carbons (Fsp3) is 0.250. The van der Waals surface area contributed by atoms with Gasteiger partial charge in [0, 0.05) is 13.6 Å². The lowest BCUT2D eigenvalue weighted by atomic mass is 10.3. The molecular formula is C20H20Cl2N4O3. The number of para-hydroxylation sites is 3. The van der Waals surface area contributed by atoms with Crippen molar-refractivity contribution in [3.05, 3.63) is 63.0 Å². The fourth-order valence-corrected chi connectivity index (χ4v) is 3.58. The maximum absolute atomic E-state index is 12.7. The van der Waals surface area contributed by atoms with E-state index in [2.05, 4.69) is 5.32 Å². The molecule has 0 aliphatic rings. The van der Waals surface area contributed by atoms with Crippen molar-refractivity contribution < 1.29 is 9.59 Å². The molecule has 9 heteroatoms. The zero-order valence-corrected chi connectivity index (χ0v) is 17.5. The van der Waals surface area contributed by atoms with Gasteiger partial charge in [0.2, 0.25) is 11.8 Å². The summed E-state index contributed by atoms with van der Waals surface area (Å²) < 4.78 is 3.02. The Morgan fingerprint density at radius 3 is 2.17 bits per heavy atom. The molecule has 1 N–H and O–H groups in total. The highest BCUT2D eigenvalue weighted by atomic mass is 35.5. The van der Waals surface area contributed by atoms with Gasteiger partial charge in [-0.25, -0.2) is 4.79 Å². The van der Waals surface area contributed by atoms with Gasteiger partial charge in [0.1, 0.15) is 6.54 Å². The predicted molar refractivity (Wildman–Crippen MR) is 115 cm³/mol. The molecule has 2 aromatic carbocycles.